The summed E-state index contributed by atoms with van der Waals surface area (Å²) in [4.78, 5) is 6.54. The van der Waals surface area contributed by atoms with Crippen LogP contribution in [0.3, 0.4) is 0 Å². The number of nitrogens with one attached hydrogen (secondary N) is 2. The summed E-state index contributed by atoms with van der Waals surface area (Å²) in [6.07, 6.45) is 0. The van der Waals surface area contributed by atoms with Crippen molar-refractivity contribution in [3.8, 4) is 11.4 Å². The first-order chi connectivity index (χ1) is 9.25. The SMILES string of the molecule is Fc1cccc(-c2nc(N3CCNCC3)n[nH]2)c1Br. The van der Waals surface area contributed by atoms with Gasteiger partial charge in [0.05, 0.1) is 4.47 Å². The third kappa shape index (κ3) is 2.48. The first kappa shape index (κ1) is 12.6. The molecular formula is C12H13BrFN5. The highest BCUT2D eigenvalue weighted by Gasteiger charge is 2.17. The lowest BCUT2D eigenvalue weighted by atomic mass is 10.2. The molecule has 0 atom stereocenters. The third-order valence-electron chi connectivity index (χ3n) is 3.08. The van der Waals surface area contributed by atoms with E-state index in [4.69, 9.17) is 0 Å². The highest BCUT2D eigenvalue weighted by atomic mass is 79.9. The predicted molar refractivity (Wildman–Crippen MR) is 74.6 cm³/mol. The first-order valence-electron chi connectivity index (χ1n) is 6.08. The van der Waals surface area contributed by atoms with Gasteiger partial charge in [0.25, 0.3) is 0 Å². The number of rotatable bonds is 2. The maximum absolute atomic E-state index is 13.5. The molecule has 2 aromatic rings. The van der Waals surface area contributed by atoms with Crippen molar-refractivity contribution in [1.82, 2.24) is 20.5 Å². The van der Waals surface area contributed by atoms with E-state index in [-0.39, 0.29) is 5.82 Å². The summed E-state index contributed by atoms with van der Waals surface area (Å²) >= 11 is 3.24. The zero-order valence-corrected chi connectivity index (χ0v) is 11.7. The molecule has 1 aliphatic heterocycles. The average molecular weight is 326 g/mol. The van der Waals surface area contributed by atoms with Gasteiger partial charge in [-0.3, -0.25) is 5.10 Å². The lowest BCUT2D eigenvalue weighted by molar-refractivity contribution is 0.580. The van der Waals surface area contributed by atoms with Crippen LogP contribution in [0.5, 0.6) is 0 Å². The zero-order valence-electron chi connectivity index (χ0n) is 10.2. The molecule has 19 heavy (non-hydrogen) atoms. The molecule has 100 valence electrons. The quantitative estimate of drug-likeness (QED) is 0.883. The summed E-state index contributed by atoms with van der Waals surface area (Å²) in [5, 5.41) is 10.3. The molecule has 1 fully saturated rings. The fraction of sp³-hybridized carbons (Fsp3) is 0.333. The summed E-state index contributed by atoms with van der Waals surface area (Å²) in [6.45, 7) is 3.60. The lowest BCUT2D eigenvalue weighted by Gasteiger charge is -2.25. The van der Waals surface area contributed by atoms with Gasteiger partial charge in [-0.05, 0) is 28.1 Å². The lowest BCUT2D eigenvalue weighted by Crippen LogP contribution is -2.44. The highest BCUT2D eigenvalue weighted by Crippen LogP contribution is 2.28. The third-order valence-corrected chi connectivity index (χ3v) is 3.89. The molecule has 7 heteroatoms. The van der Waals surface area contributed by atoms with Crippen molar-refractivity contribution in [3.05, 3.63) is 28.5 Å². The average Bonchev–Trinajstić information content (AvgIpc) is 2.92. The molecule has 5 nitrogen and oxygen atoms in total. The number of anilines is 1. The maximum Gasteiger partial charge on any atom is 0.245 e. The molecule has 1 aromatic carbocycles. The van der Waals surface area contributed by atoms with Crippen molar-refractivity contribution >= 4 is 21.9 Å². The van der Waals surface area contributed by atoms with E-state index in [1.807, 2.05) is 0 Å². The van der Waals surface area contributed by atoms with Crippen LogP contribution in [-0.2, 0) is 0 Å². The molecular weight excluding hydrogens is 313 g/mol. The van der Waals surface area contributed by atoms with Gasteiger partial charge in [0, 0.05) is 31.7 Å². The van der Waals surface area contributed by atoms with Gasteiger partial charge in [-0.25, -0.2) is 4.39 Å². The topological polar surface area (TPSA) is 56.8 Å². The number of H-pyrrole nitrogens is 1. The molecule has 0 radical (unpaired) electrons. The standard InChI is InChI=1S/C12H13BrFN5/c13-10-8(2-1-3-9(10)14)11-16-12(18-17-11)19-6-4-15-5-7-19/h1-3,15H,4-7H2,(H,16,17,18). The van der Waals surface area contributed by atoms with Crippen molar-refractivity contribution in [2.45, 2.75) is 0 Å². The molecule has 0 unspecified atom stereocenters. The van der Waals surface area contributed by atoms with Crippen molar-refractivity contribution in [2.24, 2.45) is 0 Å². The maximum atomic E-state index is 13.5. The smallest absolute Gasteiger partial charge is 0.245 e. The summed E-state index contributed by atoms with van der Waals surface area (Å²) in [6, 6.07) is 4.86. The monoisotopic (exact) mass is 325 g/mol. The molecule has 0 aliphatic carbocycles. The molecule has 3 rings (SSSR count). The molecule has 2 N–H and O–H groups in total. The van der Waals surface area contributed by atoms with Crippen molar-refractivity contribution < 1.29 is 4.39 Å². The van der Waals surface area contributed by atoms with E-state index >= 15 is 0 Å². The van der Waals surface area contributed by atoms with E-state index in [1.165, 1.54) is 6.07 Å². The van der Waals surface area contributed by atoms with E-state index in [9.17, 15) is 4.39 Å². The molecule has 0 spiro atoms. The second-order valence-electron chi connectivity index (χ2n) is 4.32. The van der Waals surface area contributed by atoms with Crippen LogP contribution in [-0.4, -0.2) is 41.4 Å². The number of hydrogen-bond acceptors (Lipinski definition) is 4. The van der Waals surface area contributed by atoms with Crippen molar-refractivity contribution in [1.29, 1.82) is 0 Å². The second-order valence-corrected chi connectivity index (χ2v) is 5.12. The van der Waals surface area contributed by atoms with Gasteiger partial charge in [-0.15, -0.1) is 5.10 Å². The van der Waals surface area contributed by atoms with Gasteiger partial charge in [0.1, 0.15) is 5.82 Å². The molecule has 2 heterocycles. The number of piperazine rings is 1. The van der Waals surface area contributed by atoms with E-state index in [1.54, 1.807) is 12.1 Å². The van der Waals surface area contributed by atoms with E-state index in [2.05, 4.69) is 41.3 Å². The molecule has 0 amide bonds. The highest BCUT2D eigenvalue weighted by molar-refractivity contribution is 9.10. The van der Waals surface area contributed by atoms with E-state index in [0.29, 0.717) is 21.8 Å². The van der Waals surface area contributed by atoms with Gasteiger partial charge in [-0.1, -0.05) is 6.07 Å². The van der Waals surface area contributed by atoms with Crippen LogP contribution >= 0.6 is 15.9 Å². The fourth-order valence-corrected chi connectivity index (χ4v) is 2.52. The van der Waals surface area contributed by atoms with Crippen molar-refractivity contribution in [3.63, 3.8) is 0 Å². The minimum absolute atomic E-state index is 0.308. The van der Waals surface area contributed by atoms with Crippen molar-refractivity contribution in [2.75, 3.05) is 31.1 Å². The summed E-state index contributed by atoms with van der Waals surface area (Å²) < 4.78 is 13.9. The Morgan fingerprint density at radius 1 is 1.26 bits per heavy atom. The molecule has 1 saturated heterocycles. The number of benzene rings is 1. The summed E-state index contributed by atoms with van der Waals surface area (Å²) in [5.74, 6) is 0.921. The molecule has 0 bridgehead atoms. The Balaban J connectivity index is 1.90. The van der Waals surface area contributed by atoms with Crippen LogP contribution in [0.1, 0.15) is 0 Å². The van der Waals surface area contributed by atoms with Crippen LogP contribution in [0.4, 0.5) is 10.3 Å². The van der Waals surface area contributed by atoms with E-state index < -0.39 is 0 Å². The minimum Gasteiger partial charge on any atom is -0.337 e. The molecule has 0 saturated carbocycles. The number of hydrogen-bond donors (Lipinski definition) is 2. The van der Waals surface area contributed by atoms with Crippen LogP contribution in [0.15, 0.2) is 22.7 Å². The Hall–Kier alpha value is -1.47. The minimum atomic E-state index is -0.308. The Bertz CT molecular complexity index is 579. The van der Waals surface area contributed by atoms with Gasteiger partial charge >= 0.3 is 0 Å². The molecule has 1 aliphatic rings. The predicted octanol–water partition coefficient (Wildman–Crippen LogP) is 1.78. The van der Waals surface area contributed by atoms with Gasteiger partial charge in [0.2, 0.25) is 5.95 Å². The summed E-state index contributed by atoms with van der Waals surface area (Å²) in [7, 11) is 0. The first-order valence-corrected chi connectivity index (χ1v) is 6.87. The van der Waals surface area contributed by atoms with Crippen LogP contribution < -0.4 is 10.2 Å². The molecule has 1 aromatic heterocycles. The zero-order chi connectivity index (χ0) is 13.2. The second kappa shape index (κ2) is 5.26. The number of aromatic amines is 1. The summed E-state index contributed by atoms with van der Waals surface area (Å²) in [5.41, 5.74) is 0.675. The Morgan fingerprint density at radius 3 is 2.84 bits per heavy atom. The number of aromatic nitrogens is 3. The van der Waals surface area contributed by atoms with Gasteiger partial charge in [0.15, 0.2) is 5.82 Å². The van der Waals surface area contributed by atoms with E-state index in [0.717, 1.165) is 26.2 Å². The Kier molecular flexibility index (Phi) is 3.48. The number of nitrogens with zero attached hydrogens (tertiary/aromatic N) is 3. The van der Waals surface area contributed by atoms with Gasteiger partial charge < -0.3 is 10.2 Å². The van der Waals surface area contributed by atoms with Gasteiger partial charge in [-0.2, -0.15) is 4.98 Å². The fourth-order valence-electron chi connectivity index (χ4n) is 2.07. The Labute approximate surface area is 118 Å². The Morgan fingerprint density at radius 2 is 2.05 bits per heavy atom. The number of halogens is 2. The van der Waals surface area contributed by atoms with Crippen LogP contribution in [0, 0.1) is 5.82 Å². The van der Waals surface area contributed by atoms with Crippen LogP contribution in [0.2, 0.25) is 0 Å². The largest absolute Gasteiger partial charge is 0.337 e. The normalized spacial score (nSPS) is 15.8. The van der Waals surface area contributed by atoms with Crippen LogP contribution in [0.25, 0.3) is 11.4 Å².